The van der Waals surface area contributed by atoms with Crippen LogP contribution >= 0.6 is 0 Å². The van der Waals surface area contributed by atoms with E-state index in [-0.39, 0.29) is 24.4 Å². The van der Waals surface area contributed by atoms with Crippen molar-refractivity contribution in [2.24, 2.45) is 7.05 Å². The molecule has 0 aliphatic carbocycles. The largest absolute Gasteiger partial charge is 0.493 e. The van der Waals surface area contributed by atoms with Crippen molar-refractivity contribution in [1.82, 2.24) is 9.55 Å². The van der Waals surface area contributed by atoms with Crippen LogP contribution in [-0.2, 0) is 21.3 Å². The minimum absolute atomic E-state index is 0.0947. The SMILES string of the molecule is CCC(=O)OCCCOc1cccc(-c2c(NC(=O)OC(C)C)c(=O)n(C)c3ncccc23)c1. The number of amides is 1. The molecular weight excluding hydrogens is 438 g/mol. The molecule has 0 aliphatic rings. The summed E-state index contributed by atoms with van der Waals surface area (Å²) in [5, 5.41) is 3.31. The highest BCUT2D eigenvalue weighted by atomic mass is 16.6. The van der Waals surface area contributed by atoms with Gasteiger partial charge in [-0.2, -0.15) is 0 Å². The summed E-state index contributed by atoms with van der Waals surface area (Å²) in [6.45, 7) is 5.83. The monoisotopic (exact) mass is 467 g/mol. The average Bonchev–Trinajstić information content (AvgIpc) is 2.82. The number of rotatable bonds is 9. The molecule has 2 heterocycles. The van der Waals surface area contributed by atoms with Crippen molar-refractivity contribution < 1.29 is 23.8 Å². The molecule has 1 N–H and O–H groups in total. The van der Waals surface area contributed by atoms with E-state index in [0.29, 0.717) is 47.4 Å². The number of benzene rings is 1. The lowest BCUT2D eigenvalue weighted by Crippen LogP contribution is -2.27. The van der Waals surface area contributed by atoms with E-state index in [1.165, 1.54) is 4.57 Å². The van der Waals surface area contributed by atoms with Crippen molar-refractivity contribution in [3.63, 3.8) is 0 Å². The van der Waals surface area contributed by atoms with E-state index in [4.69, 9.17) is 14.2 Å². The molecule has 34 heavy (non-hydrogen) atoms. The van der Waals surface area contributed by atoms with Gasteiger partial charge in [0.25, 0.3) is 5.56 Å². The van der Waals surface area contributed by atoms with Crippen LogP contribution in [0.5, 0.6) is 5.75 Å². The zero-order chi connectivity index (χ0) is 24.7. The molecular formula is C25H29N3O6. The molecule has 0 unspecified atom stereocenters. The molecule has 9 heteroatoms. The predicted molar refractivity (Wildman–Crippen MR) is 129 cm³/mol. The molecule has 1 aromatic carbocycles. The highest BCUT2D eigenvalue weighted by Crippen LogP contribution is 2.34. The Morgan fingerprint density at radius 1 is 1.15 bits per heavy atom. The van der Waals surface area contributed by atoms with Gasteiger partial charge in [0.15, 0.2) is 0 Å². The number of aromatic nitrogens is 2. The quantitative estimate of drug-likeness (QED) is 0.370. The summed E-state index contributed by atoms with van der Waals surface area (Å²) in [7, 11) is 1.60. The van der Waals surface area contributed by atoms with E-state index in [9.17, 15) is 14.4 Å². The minimum Gasteiger partial charge on any atom is -0.493 e. The average molecular weight is 468 g/mol. The van der Waals surface area contributed by atoms with Gasteiger partial charge in [-0.05, 0) is 43.7 Å². The molecule has 0 atom stereocenters. The molecule has 0 fully saturated rings. The maximum Gasteiger partial charge on any atom is 0.412 e. The summed E-state index contributed by atoms with van der Waals surface area (Å²) < 4.78 is 17.5. The van der Waals surface area contributed by atoms with Crippen LogP contribution in [0.3, 0.4) is 0 Å². The fraction of sp³-hybridized carbons (Fsp3) is 0.360. The number of anilines is 1. The lowest BCUT2D eigenvalue weighted by atomic mass is 10.00. The van der Waals surface area contributed by atoms with Crippen molar-refractivity contribution in [3.05, 3.63) is 52.9 Å². The Balaban J connectivity index is 1.96. The van der Waals surface area contributed by atoms with Crippen molar-refractivity contribution in [2.45, 2.75) is 39.7 Å². The molecule has 1 amide bonds. The topological polar surface area (TPSA) is 109 Å². The first-order valence-electron chi connectivity index (χ1n) is 11.2. The van der Waals surface area contributed by atoms with Gasteiger partial charge in [0.2, 0.25) is 0 Å². The van der Waals surface area contributed by atoms with Crippen LogP contribution in [0, 0.1) is 0 Å². The number of ether oxygens (including phenoxy) is 3. The zero-order valence-corrected chi connectivity index (χ0v) is 19.8. The highest BCUT2D eigenvalue weighted by molar-refractivity contribution is 6.03. The van der Waals surface area contributed by atoms with Gasteiger partial charge < -0.3 is 14.2 Å². The van der Waals surface area contributed by atoms with E-state index in [2.05, 4.69) is 10.3 Å². The summed E-state index contributed by atoms with van der Waals surface area (Å²) in [4.78, 5) is 41.2. The number of carbonyl (C=O) groups excluding carboxylic acids is 2. The van der Waals surface area contributed by atoms with E-state index in [1.807, 2.05) is 12.1 Å². The number of fused-ring (bicyclic) bond motifs is 1. The van der Waals surface area contributed by atoms with E-state index in [1.54, 1.807) is 58.3 Å². The minimum atomic E-state index is -0.717. The Hall–Kier alpha value is -3.88. The smallest absolute Gasteiger partial charge is 0.412 e. The summed E-state index contributed by atoms with van der Waals surface area (Å²) in [6.07, 6.45) is 1.43. The number of nitrogens with one attached hydrogen (secondary N) is 1. The van der Waals surface area contributed by atoms with E-state index in [0.717, 1.165) is 0 Å². The molecule has 0 saturated heterocycles. The maximum atomic E-state index is 13.2. The summed E-state index contributed by atoms with van der Waals surface area (Å²) >= 11 is 0. The van der Waals surface area contributed by atoms with Gasteiger partial charge in [-0.1, -0.05) is 19.1 Å². The third-order valence-corrected chi connectivity index (χ3v) is 4.94. The van der Waals surface area contributed by atoms with Gasteiger partial charge in [0, 0.05) is 37.0 Å². The number of hydrogen-bond acceptors (Lipinski definition) is 7. The predicted octanol–water partition coefficient (Wildman–Crippen LogP) is 4.28. The normalized spacial score (nSPS) is 10.9. The maximum absolute atomic E-state index is 13.2. The van der Waals surface area contributed by atoms with E-state index >= 15 is 0 Å². The van der Waals surface area contributed by atoms with Crippen LogP contribution in [-0.4, -0.2) is 40.9 Å². The second-order valence-corrected chi connectivity index (χ2v) is 7.87. The summed E-state index contributed by atoms with van der Waals surface area (Å²) in [5.74, 6) is 0.330. The van der Waals surface area contributed by atoms with Crippen molar-refractivity contribution in [1.29, 1.82) is 0 Å². The Bertz CT molecular complexity index is 1240. The molecule has 3 rings (SSSR count). The van der Waals surface area contributed by atoms with Gasteiger partial charge in [-0.25, -0.2) is 9.78 Å². The molecule has 0 aliphatic heterocycles. The summed E-state index contributed by atoms with van der Waals surface area (Å²) in [6, 6.07) is 10.8. The molecule has 0 saturated carbocycles. The Morgan fingerprint density at radius 3 is 2.68 bits per heavy atom. The number of hydrogen-bond donors (Lipinski definition) is 1. The number of esters is 1. The fourth-order valence-corrected chi connectivity index (χ4v) is 3.40. The number of carbonyl (C=O) groups is 2. The van der Waals surface area contributed by atoms with Crippen LogP contribution in [0.4, 0.5) is 10.5 Å². The number of nitrogens with zero attached hydrogens (tertiary/aromatic N) is 2. The van der Waals surface area contributed by atoms with Crippen molar-refractivity contribution in [3.8, 4) is 16.9 Å². The standard InChI is InChI=1S/C25H29N3O6/c1-5-20(29)33-14-8-13-32-18-10-6-9-17(15-18)21-19-11-7-12-26-23(19)28(4)24(30)22(21)27-25(31)34-16(2)3/h6-7,9-12,15-16H,5,8,13-14H2,1-4H3,(H,27,31). The third-order valence-electron chi connectivity index (χ3n) is 4.94. The first kappa shape index (κ1) is 24.8. The van der Waals surface area contributed by atoms with Crippen molar-refractivity contribution in [2.75, 3.05) is 18.5 Å². The molecule has 9 nitrogen and oxygen atoms in total. The third kappa shape index (κ3) is 5.92. The Morgan fingerprint density at radius 2 is 1.94 bits per heavy atom. The Kier molecular flexibility index (Phi) is 8.24. The molecule has 2 aromatic heterocycles. The molecule has 0 bridgehead atoms. The second kappa shape index (κ2) is 11.3. The number of aryl methyl sites for hydroxylation is 1. The van der Waals surface area contributed by atoms with E-state index < -0.39 is 11.7 Å². The van der Waals surface area contributed by atoms with Crippen LogP contribution in [0.2, 0.25) is 0 Å². The summed E-state index contributed by atoms with van der Waals surface area (Å²) in [5.41, 5.74) is 1.36. The van der Waals surface area contributed by atoms with Gasteiger partial charge in [-0.3, -0.25) is 19.5 Å². The van der Waals surface area contributed by atoms with Crippen LogP contribution < -0.4 is 15.6 Å². The van der Waals surface area contributed by atoms with Crippen LogP contribution in [0.1, 0.15) is 33.6 Å². The molecule has 3 aromatic rings. The molecule has 0 radical (unpaired) electrons. The van der Waals surface area contributed by atoms with Crippen molar-refractivity contribution >= 4 is 28.8 Å². The van der Waals surface area contributed by atoms with Gasteiger partial charge in [0.05, 0.1) is 19.3 Å². The molecule has 180 valence electrons. The Labute approximate surface area is 197 Å². The highest BCUT2D eigenvalue weighted by Gasteiger charge is 2.20. The van der Waals surface area contributed by atoms with Crippen LogP contribution in [0.15, 0.2) is 47.4 Å². The first-order chi connectivity index (χ1) is 16.3. The van der Waals surface area contributed by atoms with Gasteiger partial charge in [-0.15, -0.1) is 0 Å². The number of pyridine rings is 2. The second-order valence-electron chi connectivity index (χ2n) is 7.87. The first-order valence-corrected chi connectivity index (χ1v) is 11.2. The lowest BCUT2D eigenvalue weighted by molar-refractivity contribution is -0.143. The van der Waals surface area contributed by atoms with Gasteiger partial charge >= 0.3 is 12.1 Å². The zero-order valence-electron chi connectivity index (χ0n) is 19.8. The van der Waals surface area contributed by atoms with Gasteiger partial charge in [0.1, 0.15) is 17.1 Å². The fourth-order valence-electron chi connectivity index (χ4n) is 3.40. The lowest BCUT2D eigenvalue weighted by Gasteiger charge is -2.17. The molecule has 0 spiro atoms. The van der Waals surface area contributed by atoms with Crippen LogP contribution in [0.25, 0.3) is 22.2 Å².